The lowest BCUT2D eigenvalue weighted by molar-refractivity contribution is -0.136. The first-order valence-corrected chi connectivity index (χ1v) is 19.3. The van der Waals surface area contributed by atoms with E-state index in [2.05, 4.69) is 51.9 Å². The first kappa shape index (κ1) is 38.0. The van der Waals surface area contributed by atoms with Crippen LogP contribution in [0, 0.1) is 10.8 Å². The molecule has 2 saturated heterocycles. The van der Waals surface area contributed by atoms with Crippen molar-refractivity contribution < 1.29 is 23.8 Å². The van der Waals surface area contributed by atoms with Crippen LogP contribution >= 0.6 is 11.6 Å². The van der Waals surface area contributed by atoms with E-state index in [1.807, 2.05) is 17.0 Å². The molecule has 5 N–H and O–H groups in total. The lowest BCUT2D eigenvalue weighted by atomic mass is 9.66. The molecule has 13 heteroatoms. The van der Waals surface area contributed by atoms with E-state index < -0.39 is 12.1 Å². The predicted molar refractivity (Wildman–Crippen MR) is 196 cm³/mol. The van der Waals surface area contributed by atoms with E-state index in [4.69, 9.17) is 20.8 Å². The van der Waals surface area contributed by atoms with Gasteiger partial charge in [-0.3, -0.25) is 30.4 Å². The van der Waals surface area contributed by atoms with Gasteiger partial charge in [0.25, 0.3) is 0 Å². The third-order valence-corrected chi connectivity index (χ3v) is 11.8. The Morgan fingerprint density at radius 1 is 1.14 bits per heavy atom. The number of halogens is 1. The Hall–Kier alpha value is -2.74. The second-order valence-electron chi connectivity index (χ2n) is 16.3. The Labute approximate surface area is 307 Å². The Balaban J connectivity index is 1.10. The number of nitrogens with zero attached hydrogens (tertiary/aromatic N) is 3. The summed E-state index contributed by atoms with van der Waals surface area (Å²) in [4.78, 5) is 34.4. The Kier molecular flexibility index (Phi) is 12.3. The first-order chi connectivity index (χ1) is 24.4. The predicted octanol–water partition coefficient (Wildman–Crippen LogP) is 3.94. The summed E-state index contributed by atoms with van der Waals surface area (Å²) in [5, 5.41) is 26.6. The molecule has 2 aromatic rings. The van der Waals surface area contributed by atoms with Crippen molar-refractivity contribution in [3.8, 4) is 5.75 Å². The van der Waals surface area contributed by atoms with Crippen LogP contribution in [0.3, 0.4) is 0 Å². The van der Waals surface area contributed by atoms with Gasteiger partial charge in [0.2, 0.25) is 11.8 Å². The second-order valence-corrected chi connectivity index (χ2v) is 16.7. The van der Waals surface area contributed by atoms with Gasteiger partial charge in [-0.2, -0.15) is 0 Å². The van der Waals surface area contributed by atoms with Crippen LogP contribution < -0.4 is 26.0 Å². The fourth-order valence-electron chi connectivity index (χ4n) is 8.39. The zero-order valence-corrected chi connectivity index (χ0v) is 31.6. The number of β-amino-alcohol motifs (C(OH)–C–C–N with tert-alkyl or cyclic N) is 1. The third kappa shape index (κ3) is 9.08. The zero-order valence-electron chi connectivity index (χ0n) is 30.8. The van der Waals surface area contributed by atoms with Crippen LogP contribution in [0.5, 0.6) is 5.75 Å². The molecule has 4 aliphatic rings. The number of benzene rings is 1. The maximum atomic E-state index is 14.4. The Bertz CT molecular complexity index is 1470. The first-order valence-electron chi connectivity index (χ1n) is 18.9. The summed E-state index contributed by atoms with van der Waals surface area (Å²) in [7, 11) is 0. The van der Waals surface area contributed by atoms with Crippen LogP contribution in [-0.2, 0) is 29.2 Å². The van der Waals surface area contributed by atoms with Gasteiger partial charge in [-0.15, -0.1) is 0 Å². The SMILES string of the molecule is CC(=O)N1CC(NC2NC(C(C)(C)C)NC(C(=O)NC[C@H](O)CN3CCc4c(ccc(OCc5cnco5)c4Cl)C3)C23CCCCCCCC3)C1. The summed E-state index contributed by atoms with van der Waals surface area (Å²) < 4.78 is 11.2. The third-order valence-electron chi connectivity index (χ3n) is 11.4. The molecule has 6 rings (SSSR count). The average Bonchev–Trinajstić information content (AvgIpc) is 3.62. The average molecular weight is 728 g/mol. The number of aliphatic hydroxyl groups is 1. The standard InChI is InChI=1S/C38H58ClN7O5/c1-25(47)46-20-27(21-46)42-36-38(14-9-7-5-6-8-10-15-38)33(43-35(44-36)37(2,3)4)34(49)41-17-28(48)22-45-16-13-30-26(19-45)11-12-31(32(30)39)50-23-29-18-40-24-51-29/h11-12,18,24,27-28,33,35-36,42-44,48H,5-10,13-17,19-23H2,1-4H3,(H,41,49)/t28-,33?,35?,36?/m0/s1. The highest BCUT2D eigenvalue weighted by Gasteiger charge is 2.54. The number of likely N-dealkylation sites (tertiary alicyclic amines) is 1. The van der Waals surface area contributed by atoms with Crippen LogP contribution in [0.1, 0.15) is 95.9 Å². The molecule has 4 atom stereocenters. The maximum absolute atomic E-state index is 14.4. The summed E-state index contributed by atoms with van der Waals surface area (Å²) in [6, 6.07) is 3.67. The molecule has 1 spiro atoms. The molecule has 51 heavy (non-hydrogen) atoms. The number of rotatable bonds is 10. The molecule has 0 bridgehead atoms. The normalized spacial score (nSPS) is 25.2. The van der Waals surface area contributed by atoms with Crippen LogP contribution in [0.15, 0.2) is 29.1 Å². The van der Waals surface area contributed by atoms with Crippen molar-refractivity contribution in [2.24, 2.45) is 10.8 Å². The lowest BCUT2D eigenvalue weighted by Gasteiger charge is -2.57. The van der Waals surface area contributed by atoms with E-state index >= 15 is 0 Å². The van der Waals surface area contributed by atoms with Crippen LogP contribution in [0.4, 0.5) is 0 Å². The molecular weight excluding hydrogens is 670 g/mol. The van der Waals surface area contributed by atoms with E-state index in [-0.39, 0.29) is 54.2 Å². The summed E-state index contributed by atoms with van der Waals surface area (Å²) in [5.74, 6) is 1.29. The summed E-state index contributed by atoms with van der Waals surface area (Å²) in [6.07, 6.45) is 11.6. The molecule has 3 unspecified atom stereocenters. The molecule has 4 heterocycles. The summed E-state index contributed by atoms with van der Waals surface area (Å²) in [6.45, 7) is 11.8. The highest BCUT2D eigenvalue weighted by Crippen LogP contribution is 2.43. The van der Waals surface area contributed by atoms with Crippen molar-refractivity contribution in [3.05, 3.63) is 46.6 Å². The van der Waals surface area contributed by atoms with E-state index in [1.54, 1.807) is 13.1 Å². The number of amides is 2. The molecule has 2 amide bonds. The van der Waals surface area contributed by atoms with Gasteiger partial charge in [0, 0.05) is 57.6 Å². The molecule has 3 aliphatic heterocycles. The number of aromatic nitrogens is 1. The number of fused-ring (bicyclic) bond motifs is 1. The van der Waals surface area contributed by atoms with Gasteiger partial charge in [-0.05, 0) is 41.9 Å². The van der Waals surface area contributed by atoms with Crippen LogP contribution in [-0.4, -0.2) is 94.9 Å². The molecule has 1 saturated carbocycles. The number of carbonyl (C=O) groups excluding carboxylic acids is 2. The quantitative estimate of drug-likeness (QED) is 0.244. The van der Waals surface area contributed by atoms with E-state index in [9.17, 15) is 14.7 Å². The lowest BCUT2D eigenvalue weighted by Crippen LogP contribution is -2.79. The smallest absolute Gasteiger partial charge is 0.237 e. The minimum atomic E-state index is -0.728. The van der Waals surface area contributed by atoms with Crippen molar-refractivity contribution in [2.75, 3.05) is 32.7 Å². The maximum Gasteiger partial charge on any atom is 0.237 e. The number of hydrogen-bond donors (Lipinski definition) is 5. The van der Waals surface area contributed by atoms with Gasteiger partial charge >= 0.3 is 0 Å². The molecule has 1 aromatic heterocycles. The second kappa shape index (κ2) is 16.5. The molecule has 0 radical (unpaired) electrons. The highest BCUT2D eigenvalue weighted by molar-refractivity contribution is 6.33. The number of aliphatic hydroxyl groups excluding tert-OH is 1. The number of nitrogens with one attached hydrogen (secondary N) is 4. The van der Waals surface area contributed by atoms with Crippen molar-refractivity contribution in [1.29, 1.82) is 0 Å². The number of oxazole rings is 1. The van der Waals surface area contributed by atoms with Gasteiger partial charge in [-0.25, -0.2) is 4.98 Å². The zero-order chi connectivity index (χ0) is 36.2. The topological polar surface area (TPSA) is 144 Å². The highest BCUT2D eigenvalue weighted by atomic mass is 35.5. The van der Waals surface area contributed by atoms with Crippen LogP contribution in [0.25, 0.3) is 0 Å². The van der Waals surface area contributed by atoms with E-state index in [0.29, 0.717) is 42.7 Å². The number of hydrogen-bond acceptors (Lipinski definition) is 10. The van der Waals surface area contributed by atoms with Crippen LogP contribution in [0.2, 0.25) is 5.02 Å². The Morgan fingerprint density at radius 3 is 2.53 bits per heavy atom. The molecule has 282 valence electrons. The van der Waals surface area contributed by atoms with Crippen molar-refractivity contribution in [3.63, 3.8) is 0 Å². The van der Waals surface area contributed by atoms with E-state index in [0.717, 1.165) is 62.6 Å². The van der Waals surface area contributed by atoms with Gasteiger partial charge in [0.15, 0.2) is 12.2 Å². The van der Waals surface area contributed by atoms with Crippen molar-refractivity contribution in [2.45, 2.75) is 129 Å². The molecular formula is C38H58ClN7O5. The fraction of sp³-hybridized carbons (Fsp3) is 0.711. The Morgan fingerprint density at radius 2 is 1.86 bits per heavy atom. The molecule has 12 nitrogen and oxygen atoms in total. The van der Waals surface area contributed by atoms with Gasteiger partial charge in [-0.1, -0.05) is 77.0 Å². The molecule has 1 aliphatic carbocycles. The summed E-state index contributed by atoms with van der Waals surface area (Å²) >= 11 is 6.76. The van der Waals surface area contributed by atoms with Crippen molar-refractivity contribution in [1.82, 2.24) is 36.1 Å². The number of carbonyl (C=O) groups is 2. The number of ether oxygens (including phenoxy) is 1. The summed E-state index contributed by atoms with van der Waals surface area (Å²) in [5.41, 5.74) is 1.67. The van der Waals surface area contributed by atoms with Crippen molar-refractivity contribution >= 4 is 23.4 Å². The molecule has 3 fully saturated rings. The van der Waals surface area contributed by atoms with Gasteiger partial charge < -0.3 is 24.5 Å². The minimum absolute atomic E-state index is 0.0524. The monoisotopic (exact) mass is 727 g/mol. The van der Waals surface area contributed by atoms with E-state index in [1.165, 1.54) is 19.2 Å². The largest absolute Gasteiger partial charge is 0.484 e. The van der Waals surface area contributed by atoms with Gasteiger partial charge in [0.05, 0.1) is 35.7 Å². The minimum Gasteiger partial charge on any atom is -0.484 e. The fourth-order valence-corrected chi connectivity index (χ4v) is 8.72. The van der Waals surface area contributed by atoms with Gasteiger partial charge in [0.1, 0.15) is 12.4 Å². The molecule has 1 aromatic carbocycles.